The van der Waals surface area contributed by atoms with Gasteiger partial charge in [-0.1, -0.05) is 17.7 Å². The van der Waals surface area contributed by atoms with Crippen LogP contribution >= 0.6 is 11.6 Å². The molecule has 0 atom stereocenters. The molecule has 0 unspecified atom stereocenters. The molecule has 0 aliphatic carbocycles. The molecule has 0 spiro atoms. The molecule has 158 valence electrons. The van der Waals surface area contributed by atoms with Crippen molar-refractivity contribution < 1.29 is 8.42 Å². The summed E-state index contributed by atoms with van der Waals surface area (Å²) in [5, 5.41) is 11.9. The standard InChI is InChI=1S/C20H28ClN5O2S/c1-20(2,3)29(27,28)19-8-7-18(23-24-19)22-9-10-25-11-13-26(14-12-25)17-6-4-5-16(21)15-17/h4-8,15H,9-14H2,1-3H3,(H,22,23). The van der Waals surface area contributed by atoms with E-state index in [4.69, 9.17) is 11.6 Å². The number of piperazine rings is 1. The SMILES string of the molecule is CC(C)(C)S(=O)(=O)c1ccc(NCCN2CCN(c3cccc(Cl)c3)CC2)nn1. The molecule has 29 heavy (non-hydrogen) atoms. The summed E-state index contributed by atoms with van der Waals surface area (Å²) in [7, 11) is -3.48. The molecular weight excluding hydrogens is 410 g/mol. The zero-order valence-electron chi connectivity index (χ0n) is 17.1. The normalized spacial score (nSPS) is 16.1. The van der Waals surface area contributed by atoms with Crippen LogP contribution in [0, 0.1) is 0 Å². The number of benzene rings is 1. The third kappa shape index (κ3) is 5.38. The van der Waals surface area contributed by atoms with E-state index in [0.717, 1.165) is 50.0 Å². The van der Waals surface area contributed by atoms with Crippen molar-refractivity contribution in [3.8, 4) is 0 Å². The van der Waals surface area contributed by atoms with E-state index in [0.29, 0.717) is 5.82 Å². The molecule has 0 saturated carbocycles. The minimum Gasteiger partial charge on any atom is -0.369 e. The number of aromatic nitrogens is 2. The molecule has 1 aliphatic heterocycles. The first-order chi connectivity index (χ1) is 13.7. The molecule has 1 aliphatic rings. The second-order valence-corrected chi connectivity index (χ2v) is 11.2. The Bertz CT molecular complexity index is 921. The minimum absolute atomic E-state index is 0.00712. The maximum atomic E-state index is 12.4. The summed E-state index contributed by atoms with van der Waals surface area (Å²) in [5.41, 5.74) is 1.16. The molecule has 9 heteroatoms. The van der Waals surface area contributed by atoms with Gasteiger partial charge in [0.15, 0.2) is 5.03 Å². The van der Waals surface area contributed by atoms with Gasteiger partial charge in [-0.2, -0.15) is 0 Å². The van der Waals surface area contributed by atoms with Gasteiger partial charge in [0.25, 0.3) is 0 Å². The second-order valence-electron chi connectivity index (χ2n) is 8.11. The molecule has 7 nitrogen and oxygen atoms in total. The second kappa shape index (κ2) is 8.85. The van der Waals surface area contributed by atoms with Crippen LogP contribution in [-0.4, -0.2) is 67.5 Å². The Morgan fingerprint density at radius 3 is 2.38 bits per heavy atom. The Labute approximate surface area is 178 Å². The highest BCUT2D eigenvalue weighted by atomic mass is 35.5. The smallest absolute Gasteiger partial charge is 0.202 e. The fourth-order valence-corrected chi connectivity index (χ4v) is 4.32. The summed E-state index contributed by atoms with van der Waals surface area (Å²) in [5.74, 6) is 0.579. The van der Waals surface area contributed by atoms with Crippen LogP contribution in [0.5, 0.6) is 0 Å². The lowest BCUT2D eigenvalue weighted by Gasteiger charge is -2.36. The Kier molecular flexibility index (Phi) is 6.65. The molecule has 3 rings (SSSR count). The Morgan fingerprint density at radius 1 is 1.07 bits per heavy atom. The molecule has 0 amide bonds. The lowest BCUT2D eigenvalue weighted by molar-refractivity contribution is 0.267. The Hall–Kier alpha value is -1.90. The molecule has 1 aromatic carbocycles. The van der Waals surface area contributed by atoms with Gasteiger partial charge in [-0.15, -0.1) is 10.2 Å². The number of sulfone groups is 1. The topological polar surface area (TPSA) is 78.4 Å². The lowest BCUT2D eigenvalue weighted by atomic mass is 10.2. The van der Waals surface area contributed by atoms with Crippen LogP contribution in [0.25, 0.3) is 0 Å². The number of anilines is 2. The van der Waals surface area contributed by atoms with Crippen molar-refractivity contribution in [2.45, 2.75) is 30.5 Å². The summed E-state index contributed by atoms with van der Waals surface area (Å²) >= 11 is 6.09. The van der Waals surface area contributed by atoms with Gasteiger partial charge in [0.1, 0.15) is 5.82 Å². The van der Waals surface area contributed by atoms with E-state index in [9.17, 15) is 8.42 Å². The molecule has 0 radical (unpaired) electrons. The highest BCUT2D eigenvalue weighted by molar-refractivity contribution is 7.92. The van der Waals surface area contributed by atoms with Crippen LogP contribution in [-0.2, 0) is 9.84 Å². The van der Waals surface area contributed by atoms with Crippen molar-refractivity contribution in [2.24, 2.45) is 0 Å². The summed E-state index contributed by atoms with van der Waals surface area (Å²) in [4.78, 5) is 4.73. The number of nitrogens with one attached hydrogen (secondary N) is 1. The van der Waals surface area contributed by atoms with Crippen molar-refractivity contribution in [1.29, 1.82) is 0 Å². The highest BCUT2D eigenvalue weighted by Gasteiger charge is 2.32. The zero-order chi connectivity index (χ0) is 21.1. The Balaban J connectivity index is 1.45. The van der Waals surface area contributed by atoms with Crippen LogP contribution in [0.1, 0.15) is 20.8 Å². The third-order valence-corrected chi connectivity index (χ3v) is 7.62. The van der Waals surface area contributed by atoms with E-state index in [1.165, 1.54) is 6.07 Å². The number of hydrogen-bond acceptors (Lipinski definition) is 7. The maximum absolute atomic E-state index is 12.4. The fraction of sp³-hybridized carbons (Fsp3) is 0.500. The highest BCUT2D eigenvalue weighted by Crippen LogP contribution is 2.23. The number of halogens is 1. The number of hydrogen-bond donors (Lipinski definition) is 1. The summed E-state index contributed by atoms with van der Waals surface area (Å²) < 4.78 is 23.9. The molecule has 1 fully saturated rings. The van der Waals surface area contributed by atoms with Gasteiger partial charge in [0, 0.05) is 50.0 Å². The average molecular weight is 438 g/mol. The van der Waals surface area contributed by atoms with Crippen molar-refractivity contribution in [3.05, 3.63) is 41.4 Å². The molecule has 0 bridgehead atoms. The van der Waals surface area contributed by atoms with E-state index < -0.39 is 14.6 Å². The maximum Gasteiger partial charge on any atom is 0.202 e. The molecule has 2 aromatic rings. The number of nitrogens with zero attached hydrogens (tertiary/aromatic N) is 4. The largest absolute Gasteiger partial charge is 0.369 e. The van der Waals surface area contributed by atoms with Gasteiger partial charge in [-0.05, 0) is 51.1 Å². The first-order valence-electron chi connectivity index (χ1n) is 9.72. The first kappa shape index (κ1) is 21.8. The van der Waals surface area contributed by atoms with Crippen LogP contribution in [0.4, 0.5) is 11.5 Å². The van der Waals surface area contributed by atoms with E-state index in [1.54, 1.807) is 26.8 Å². The van der Waals surface area contributed by atoms with Gasteiger partial charge in [-0.25, -0.2) is 8.42 Å². The van der Waals surface area contributed by atoms with Gasteiger partial charge < -0.3 is 10.2 Å². The Morgan fingerprint density at radius 2 is 1.79 bits per heavy atom. The predicted molar refractivity (Wildman–Crippen MR) is 118 cm³/mol. The van der Waals surface area contributed by atoms with Crippen molar-refractivity contribution >= 4 is 32.9 Å². The van der Waals surface area contributed by atoms with Gasteiger partial charge in [0.2, 0.25) is 9.84 Å². The lowest BCUT2D eigenvalue weighted by Crippen LogP contribution is -2.47. The van der Waals surface area contributed by atoms with E-state index in [1.807, 2.05) is 18.2 Å². The fourth-order valence-electron chi connectivity index (χ4n) is 3.12. The molecule has 1 N–H and O–H groups in total. The molecular formula is C20H28ClN5O2S. The van der Waals surface area contributed by atoms with Crippen LogP contribution < -0.4 is 10.2 Å². The molecule has 2 heterocycles. The zero-order valence-corrected chi connectivity index (χ0v) is 18.7. The quantitative estimate of drug-likeness (QED) is 0.744. The van der Waals surface area contributed by atoms with Gasteiger partial charge in [-0.3, -0.25) is 4.90 Å². The third-order valence-electron chi connectivity index (χ3n) is 5.00. The van der Waals surface area contributed by atoms with E-state index >= 15 is 0 Å². The van der Waals surface area contributed by atoms with Gasteiger partial charge in [0.05, 0.1) is 4.75 Å². The van der Waals surface area contributed by atoms with Crippen molar-refractivity contribution in [1.82, 2.24) is 15.1 Å². The van der Waals surface area contributed by atoms with Crippen LogP contribution in [0.2, 0.25) is 5.02 Å². The van der Waals surface area contributed by atoms with Gasteiger partial charge >= 0.3 is 0 Å². The summed E-state index contributed by atoms with van der Waals surface area (Å²) in [6, 6.07) is 11.1. The van der Waals surface area contributed by atoms with Crippen LogP contribution in [0.15, 0.2) is 41.4 Å². The summed E-state index contributed by atoms with van der Waals surface area (Å²) in [6.45, 7) is 10.4. The monoisotopic (exact) mass is 437 g/mol. The minimum atomic E-state index is -3.48. The predicted octanol–water partition coefficient (Wildman–Crippen LogP) is 2.94. The van der Waals surface area contributed by atoms with E-state index in [-0.39, 0.29) is 5.03 Å². The molecule has 1 saturated heterocycles. The van der Waals surface area contributed by atoms with Crippen molar-refractivity contribution in [3.63, 3.8) is 0 Å². The molecule has 1 aromatic heterocycles. The average Bonchev–Trinajstić information content (AvgIpc) is 2.68. The first-order valence-corrected chi connectivity index (χ1v) is 11.6. The van der Waals surface area contributed by atoms with Crippen LogP contribution in [0.3, 0.4) is 0 Å². The number of rotatable bonds is 6. The van der Waals surface area contributed by atoms with Crippen molar-refractivity contribution in [2.75, 3.05) is 49.5 Å². The van der Waals surface area contributed by atoms with E-state index in [2.05, 4.69) is 31.4 Å². The summed E-state index contributed by atoms with van der Waals surface area (Å²) in [6.07, 6.45) is 0.